The van der Waals surface area contributed by atoms with Gasteiger partial charge in [0, 0.05) is 31.0 Å². The van der Waals surface area contributed by atoms with Crippen molar-refractivity contribution in [2.75, 3.05) is 23.7 Å². The molecule has 6 rings (SSSR count). The van der Waals surface area contributed by atoms with Gasteiger partial charge in [-0.25, -0.2) is 4.98 Å². The Morgan fingerprint density at radius 2 is 1.94 bits per heavy atom. The molecular formula is C26H34BrN5O2. The minimum Gasteiger partial charge on any atom is -0.390 e. The van der Waals surface area contributed by atoms with Crippen molar-refractivity contribution >= 4 is 39.3 Å². The number of carbonyl (C=O) groups excluding carboxylic acids is 1. The van der Waals surface area contributed by atoms with Crippen LogP contribution in [-0.2, 0) is 11.2 Å². The Kier molecular flexibility index (Phi) is 6.55. The molecule has 0 spiro atoms. The topological polar surface area (TPSA) is 90.4 Å². The van der Waals surface area contributed by atoms with Crippen molar-refractivity contribution < 1.29 is 9.90 Å². The first kappa shape index (κ1) is 23.5. The summed E-state index contributed by atoms with van der Waals surface area (Å²) in [6, 6.07) is 8.21. The first-order valence-corrected chi connectivity index (χ1v) is 13.3. The summed E-state index contributed by atoms with van der Waals surface area (Å²) < 4.78 is 0.837. The number of amides is 1. The fourth-order valence-electron chi connectivity index (χ4n) is 6.65. The number of nitrogens with zero attached hydrogens (tertiary/aromatic N) is 3. The first-order chi connectivity index (χ1) is 16.4. The van der Waals surface area contributed by atoms with Gasteiger partial charge >= 0.3 is 0 Å². The van der Waals surface area contributed by atoms with Gasteiger partial charge < -0.3 is 20.6 Å². The number of aromatic nitrogens is 2. The number of benzene rings is 1. The number of carbonyl (C=O) groups is 1. The number of nitrogens with one attached hydrogen (secondary N) is 2. The van der Waals surface area contributed by atoms with Crippen LogP contribution in [0.5, 0.6) is 0 Å². The van der Waals surface area contributed by atoms with Gasteiger partial charge in [-0.15, -0.1) is 0 Å². The minimum absolute atomic E-state index is 0.133. The second-order valence-electron chi connectivity index (χ2n) is 10.3. The van der Waals surface area contributed by atoms with Crippen LogP contribution in [-0.4, -0.2) is 50.6 Å². The lowest BCUT2D eigenvalue weighted by atomic mass is 9.52. The highest BCUT2D eigenvalue weighted by atomic mass is 79.9. The van der Waals surface area contributed by atoms with Gasteiger partial charge in [0.05, 0.1) is 16.5 Å². The maximum absolute atomic E-state index is 12.5. The molecule has 34 heavy (non-hydrogen) atoms. The van der Waals surface area contributed by atoms with Crippen LogP contribution in [0.15, 0.2) is 34.9 Å². The zero-order chi connectivity index (χ0) is 23.9. The normalized spacial score (nSPS) is 29.2. The van der Waals surface area contributed by atoms with Gasteiger partial charge in [-0.3, -0.25) is 4.79 Å². The van der Waals surface area contributed by atoms with Gasteiger partial charge in [0.15, 0.2) is 0 Å². The summed E-state index contributed by atoms with van der Waals surface area (Å²) in [6.45, 7) is 5.44. The van der Waals surface area contributed by atoms with Crippen LogP contribution in [0.2, 0.25) is 0 Å². The van der Waals surface area contributed by atoms with Gasteiger partial charge in [-0.2, -0.15) is 4.98 Å². The average Bonchev–Trinajstić information content (AvgIpc) is 2.78. The molecule has 1 aromatic heterocycles. The van der Waals surface area contributed by atoms with Gasteiger partial charge in [-0.1, -0.05) is 12.1 Å². The number of aliphatic hydroxyl groups is 1. The lowest BCUT2D eigenvalue weighted by molar-refractivity contribution is -0.130. The van der Waals surface area contributed by atoms with E-state index in [0.717, 1.165) is 53.9 Å². The molecular weight excluding hydrogens is 494 g/mol. The number of hydrogen-bond acceptors (Lipinski definition) is 6. The Labute approximate surface area is 209 Å². The van der Waals surface area contributed by atoms with Gasteiger partial charge in [-0.05, 0) is 97.3 Å². The third kappa shape index (κ3) is 4.80. The fraction of sp³-hybridized carbons (Fsp3) is 0.577. The van der Waals surface area contributed by atoms with E-state index in [-0.39, 0.29) is 5.91 Å². The van der Waals surface area contributed by atoms with Crippen LogP contribution in [0.4, 0.5) is 17.5 Å². The van der Waals surface area contributed by atoms with E-state index in [1.54, 1.807) is 6.20 Å². The van der Waals surface area contributed by atoms with Crippen molar-refractivity contribution in [3.8, 4) is 0 Å². The Morgan fingerprint density at radius 3 is 2.62 bits per heavy atom. The number of rotatable bonds is 8. The lowest BCUT2D eigenvalue weighted by Crippen LogP contribution is -2.59. The summed E-state index contributed by atoms with van der Waals surface area (Å²) in [5.74, 6) is 3.10. The largest absolute Gasteiger partial charge is 0.390 e. The number of hydrogen-bond donors (Lipinski definition) is 3. The van der Waals surface area contributed by atoms with Crippen molar-refractivity contribution in [1.82, 2.24) is 14.9 Å². The second-order valence-corrected chi connectivity index (χ2v) is 11.2. The fourth-order valence-corrected chi connectivity index (χ4v) is 6.96. The molecule has 0 aliphatic heterocycles. The standard InChI is InChI=1S/C26H34BrN5O2/c1-3-32(4-2)22(33)11-16-6-5-7-20(10-16)29-25-28-15-21(27)24(31-25)30-23-18-8-17-9-19(23)14-26(34,12-17)13-18/h5-7,10,15,17-19,23,34H,3-4,8-9,11-14H2,1-2H3,(H2,28,29,30,31). The molecule has 0 radical (unpaired) electrons. The van der Waals surface area contributed by atoms with Crippen molar-refractivity contribution in [2.45, 2.75) is 64.0 Å². The molecule has 4 fully saturated rings. The van der Waals surface area contributed by atoms with Crippen LogP contribution < -0.4 is 10.6 Å². The molecule has 4 aliphatic rings. The van der Waals surface area contributed by atoms with Crippen molar-refractivity contribution in [3.05, 3.63) is 40.5 Å². The molecule has 182 valence electrons. The molecule has 1 amide bonds. The molecule has 4 bridgehead atoms. The lowest BCUT2D eigenvalue weighted by Gasteiger charge is -2.58. The highest BCUT2D eigenvalue weighted by Crippen LogP contribution is 2.56. The van der Waals surface area contributed by atoms with Crippen molar-refractivity contribution in [3.63, 3.8) is 0 Å². The first-order valence-electron chi connectivity index (χ1n) is 12.5. The molecule has 4 aliphatic carbocycles. The van der Waals surface area contributed by atoms with E-state index in [0.29, 0.717) is 36.2 Å². The van der Waals surface area contributed by atoms with E-state index >= 15 is 0 Å². The Morgan fingerprint density at radius 1 is 1.21 bits per heavy atom. The third-order valence-electron chi connectivity index (χ3n) is 7.94. The van der Waals surface area contributed by atoms with Crippen LogP contribution in [0.25, 0.3) is 0 Å². The van der Waals surface area contributed by atoms with Crippen LogP contribution in [0.3, 0.4) is 0 Å². The van der Waals surface area contributed by atoms with E-state index in [9.17, 15) is 9.90 Å². The molecule has 2 atom stereocenters. The summed E-state index contributed by atoms with van der Waals surface area (Å²) in [5.41, 5.74) is 1.38. The summed E-state index contributed by atoms with van der Waals surface area (Å²) in [7, 11) is 0. The Hall–Kier alpha value is -2.19. The molecule has 0 saturated heterocycles. The van der Waals surface area contributed by atoms with Crippen LogP contribution >= 0.6 is 15.9 Å². The quantitative estimate of drug-likeness (QED) is 0.459. The van der Waals surface area contributed by atoms with E-state index in [1.165, 1.54) is 12.8 Å². The van der Waals surface area contributed by atoms with E-state index in [4.69, 9.17) is 4.98 Å². The molecule has 1 heterocycles. The molecule has 4 saturated carbocycles. The zero-order valence-electron chi connectivity index (χ0n) is 19.9. The van der Waals surface area contributed by atoms with E-state index < -0.39 is 5.60 Å². The van der Waals surface area contributed by atoms with Crippen molar-refractivity contribution in [2.24, 2.45) is 17.8 Å². The monoisotopic (exact) mass is 527 g/mol. The number of halogens is 1. The Bertz CT molecular complexity index is 1040. The van der Waals surface area contributed by atoms with E-state index in [2.05, 4.69) is 31.5 Å². The maximum Gasteiger partial charge on any atom is 0.229 e. The minimum atomic E-state index is -0.442. The molecule has 2 unspecified atom stereocenters. The molecule has 2 aromatic rings. The molecule has 8 heteroatoms. The summed E-state index contributed by atoms with van der Waals surface area (Å²) in [4.78, 5) is 23.6. The molecule has 7 nitrogen and oxygen atoms in total. The zero-order valence-corrected chi connectivity index (χ0v) is 21.5. The van der Waals surface area contributed by atoms with Crippen LogP contribution in [0, 0.1) is 17.8 Å². The molecule has 1 aromatic carbocycles. The average molecular weight is 528 g/mol. The number of likely N-dealkylation sites (N-methyl/N-ethyl adjacent to an activating group) is 1. The SMILES string of the molecule is CCN(CC)C(=O)Cc1cccc(Nc2ncc(Br)c(NC3C4CC5CC3CC(O)(C5)C4)n2)c1. The van der Waals surface area contributed by atoms with Crippen LogP contribution in [0.1, 0.15) is 51.5 Å². The smallest absolute Gasteiger partial charge is 0.229 e. The third-order valence-corrected chi connectivity index (χ3v) is 8.52. The highest BCUT2D eigenvalue weighted by molar-refractivity contribution is 9.10. The predicted molar refractivity (Wildman–Crippen MR) is 137 cm³/mol. The van der Waals surface area contributed by atoms with Gasteiger partial charge in [0.25, 0.3) is 0 Å². The number of anilines is 3. The highest BCUT2D eigenvalue weighted by Gasteiger charge is 2.54. The summed E-state index contributed by atoms with van der Waals surface area (Å²) in [6.07, 6.45) is 7.32. The van der Waals surface area contributed by atoms with Gasteiger partial charge in [0.1, 0.15) is 5.82 Å². The van der Waals surface area contributed by atoms with Gasteiger partial charge in [0.2, 0.25) is 11.9 Å². The Balaban J connectivity index is 1.28. The maximum atomic E-state index is 12.5. The van der Waals surface area contributed by atoms with Crippen molar-refractivity contribution in [1.29, 1.82) is 0 Å². The summed E-state index contributed by atoms with van der Waals surface area (Å²) in [5, 5.41) is 17.9. The van der Waals surface area contributed by atoms with E-state index in [1.807, 2.05) is 43.0 Å². The predicted octanol–water partition coefficient (Wildman–Crippen LogP) is 4.75. The summed E-state index contributed by atoms with van der Waals surface area (Å²) >= 11 is 3.61. The molecule has 3 N–H and O–H groups in total. The second kappa shape index (κ2) is 9.46.